The molecule has 156 valence electrons. The van der Waals surface area contributed by atoms with Gasteiger partial charge >= 0.3 is 6.18 Å². The first kappa shape index (κ1) is 22.4. The predicted molar refractivity (Wildman–Crippen MR) is 101 cm³/mol. The molecule has 0 saturated carbocycles. The molecule has 0 amide bonds. The first-order valence-corrected chi connectivity index (χ1v) is 10.9. The number of hydrogen-bond acceptors (Lipinski definition) is 4. The van der Waals surface area contributed by atoms with Crippen molar-refractivity contribution in [2.45, 2.75) is 57.7 Å². The van der Waals surface area contributed by atoms with Crippen LogP contribution in [0, 0.1) is 0 Å². The minimum atomic E-state index is -4.38. The van der Waals surface area contributed by atoms with Gasteiger partial charge in [0.05, 0.1) is 23.2 Å². The predicted octanol–water partition coefficient (Wildman–Crippen LogP) is 4.13. The quantitative estimate of drug-likeness (QED) is 0.616. The summed E-state index contributed by atoms with van der Waals surface area (Å²) in [5, 5.41) is 0.0610. The molecule has 28 heavy (non-hydrogen) atoms. The number of halogens is 3. The lowest BCUT2D eigenvalue weighted by Gasteiger charge is -2.19. The van der Waals surface area contributed by atoms with Crippen molar-refractivity contribution in [3.05, 3.63) is 47.3 Å². The monoisotopic (exact) mass is 417 g/mol. The first-order chi connectivity index (χ1) is 13.1. The lowest BCUT2D eigenvalue weighted by molar-refractivity contribution is -0.137. The fourth-order valence-corrected chi connectivity index (χ4v) is 3.96. The van der Waals surface area contributed by atoms with E-state index < -0.39 is 21.6 Å². The van der Waals surface area contributed by atoms with Crippen LogP contribution >= 0.6 is 0 Å². The normalized spacial score (nSPS) is 12.7. The minimum Gasteiger partial charge on any atom is -0.318 e. The fourth-order valence-electron chi connectivity index (χ4n) is 2.94. The van der Waals surface area contributed by atoms with Crippen molar-refractivity contribution in [2.75, 3.05) is 12.8 Å². The molecule has 5 nitrogen and oxygen atoms in total. The van der Waals surface area contributed by atoms with Crippen LogP contribution in [0.25, 0.3) is 0 Å². The maximum absolute atomic E-state index is 12.9. The lowest BCUT2D eigenvalue weighted by atomic mass is 10.1. The molecule has 2 rings (SSSR count). The van der Waals surface area contributed by atoms with Gasteiger partial charge in [-0.1, -0.05) is 38.5 Å². The topological polar surface area (TPSA) is 55.2 Å². The van der Waals surface area contributed by atoms with E-state index in [0.717, 1.165) is 30.7 Å². The molecule has 0 aliphatic heterocycles. The molecule has 0 saturated heterocycles. The van der Waals surface area contributed by atoms with Crippen LogP contribution in [-0.2, 0) is 35.6 Å². The van der Waals surface area contributed by atoms with Crippen molar-refractivity contribution in [2.24, 2.45) is 0 Å². The molecule has 1 aromatic heterocycles. The minimum absolute atomic E-state index is 0.0321. The Morgan fingerprint density at radius 3 is 2.50 bits per heavy atom. The number of rotatable bonds is 9. The Bertz CT molecular complexity index is 892. The molecule has 0 spiro atoms. The Morgan fingerprint density at radius 2 is 1.89 bits per heavy atom. The average molecular weight is 417 g/mol. The molecule has 9 heteroatoms. The van der Waals surface area contributed by atoms with Gasteiger partial charge in [-0.15, -0.1) is 0 Å². The van der Waals surface area contributed by atoms with E-state index in [4.69, 9.17) is 0 Å². The highest BCUT2D eigenvalue weighted by Crippen LogP contribution is 2.29. The van der Waals surface area contributed by atoms with Crippen LogP contribution in [0.2, 0.25) is 0 Å². The van der Waals surface area contributed by atoms with Gasteiger partial charge in [0.15, 0.2) is 0 Å². The standard InChI is InChI=1S/C19H26F3N3O2S/c1-4-6-10-25-17(12-23-18(25)28(26,27)5-2)14-24(3)13-15-8-7-9-16(11-15)19(20,21)22/h7-9,11-12H,4-6,10,13-14H2,1-3H3. The van der Waals surface area contributed by atoms with Gasteiger partial charge in [0.1, 0.15) is 0 Å². The van der Waals surface area contributed by atoms with E-state index in [1.165, 1.54) is 6.07 Å². The highest BCUT2D eigenvalue weighted by atomic mass is 32.2. The molecular formula is C19H26F3N3O2S. The largest absolute Gasteiger partial charge is 0.416 e. The molecule has 0 radical (unpaired) electrons. The summed E-state index contributed by atoms with van der Waals surface area (Å²) in [6, 6.07) is 5.22. The molecule has 0 bridgehead atoms. The number of alkyl halides is 3. The molecule has 1 heterocycles. The smallest absolute Gasteiger partial charge is 0.318 e. The van der Waals surface area contributed by atoms with E-state index in [-0.39, 0.29) is 10.9 Å². The van der Waals surface area contributed by atoms with Crippen molar-refractivity contribution in [3.63, 3.8) is 0 Å². The van der Waals surface area contributed by atoms with Crippen LogP contribution in [0.15, 0.2) is 35.6 Å². The zero-order valence-electron chi connectivity index (χ0n) is 16.3. The van der Waals surface area contributed by atoms with Gasteiger partial charge in [0, 0.05) is 19.6 Å². The molecular weight excluding hydrogens is 391 g/mol. The molecule has 0 atom stereocenters. The zero-order valence-corrected chi connectivity index (χ0v) is 17.1. The Balaban J connectivity index is 2.21. The van der Waals surface area contributed by atoms with Crippen molar-refractivity contribution in [1.29, 1.82) is 0 Å². The molecule has 0 N–H and O–H groups in total. The Morgan fingerprint density at radius 1 is 1.18 bits per heavy atom. The summed E-state index contributed by atoms with van der Waals surface area (Å²) < 4.78 is 65.0. The number of unbranched alkanes of at least 4 members (excludes halogenated alkanes) is 1. The summed E-state index contributed by atoms with van der Waals surface area (Å²) in [4.78, 5) is 5.96. The van der Waals surface area contributed by atoms with Gasteiger partial charge in [-0.05, 0) is 25.1 Å². The second kappa shape index (κ2) is 9.09. The van der Waals surface area contributed by atoms with Crippen molar-refractivity contribution in [1.82, 2.24) is 14.5 Å². The van der Waals surface area contributed by atoms with E-state index in [2.05, 4.69) is 4.98 Å². The SMILES string of the molecule is CCCCn1c(CN(C)Cc2cccc(C(F)(F)F)c2)cnc1S(=O)(=O)CC. The van der Waals surface area contributed by atoms with Crippen LogP contribution in [0.5, 0.6) is 0 Å². The summed E-state index contributed by atoms with van der Waals surface area (Å²) >= 11 is 0. The van der Waals surface area contributed by atoms with Crippen molar-refractivity contribution >= 4 is 9.84 Å². The summed E-state index contributed by atoms with van der Waals surface area (Å²) in [5.41, 5.74) is 0.594. The maximum atomic E-state index is 12.9. The van der Waals surface area contributed by atoms with Crippen molar-refractivity contribution < 1.29 is 21.6 Å². The Labute approximate surface area is 164 Å². The van der Waals surface area contributed by atoms with E-state index in [0.29, 0.717) is 25.2 Å². The molecule has 0 fully saturated rings. The van der Waals surface area contributed by atoms with Crippen molar-refractivity contribution in [3.8, 4) is 0 Å². The van der Waals surface area contributed by atoms with E-state index in [1.54, 1.807) is 30.8 Å². The van der Waals surface area contributed by atoms with Gasteiger partial charge in [0.2, 0.25) is 15.0 Å². The summed E-state index contributed by atoms with van der Waals surface area (Å²) in [7, 11) is -1.66. The summed E-state index contributed by atoms with van der Waals surface area (Å²) in [6.45, 7) is 4.82. The summed E-state index contributed by atoms with van der Waals surface area (Å²) in [6.07, 6.45) is -1.12. The molecule has 2 aromatic rings. The van der Waals surface area contributed by atoms with E-state index in [9.17, 15) is 21.6 Å². The van der Waals surface area contributed by atoms with Crippen LogP contribution in [0.4, 0.5) is 13.2 Å². The number of hydrogen-bond donors (Lipinski definition) is 0. The number of benzene rings is 1. The first-order valence-electron chi connectivity index (χ1n) is 9.20. The molecule has 0 aliphatic rings. The van der Waals surface area contributed by atoms with Gasteiger partial charge in [-0.3, -0.25) is 4.90 Å². The van der Waals surface area contributed by atoms with Gasteiger partial charge in [-0.25, -0.2) is 13.4 Å². The second-order valence-corrected chi connectivity index (χ2v) is 8.98. The van der Waals surface area contributed by atoms with E-state index in [1.807, 2.05) is 11.8 Å². The summed E-state index contributed by atoms with van der Waals surface area (Å²) in [5.74, 6) is -0.0321. The zero-order chi connectivity index (χ0) is 20.9. The van der Waals surface area contributed by atoms with Crippen LogP contribution in [-0.4, -0.2) is 35.7 Å². The number of aromatic nitrogens is 2. The lowest BCUT2D eigenvalue weighted by Crippen LogP contribution is -2.21. The average Bonchev–Trinajstić information content (AvgIpc) is 3.02. The van der Waals surface area contributed by atoms with Crippen LogP contribution in [0.3, 0.4) is 0 Å². The number of sulfone groups is 1. The maximum Gasteiger partial charge on any atom is 0.416 e. The molecule has 0 aliphatic carbocycles. The third-order valence-corrected chi connectivity index (χ3v) is 6.08. The Hall–Kier alpha value is -1.87. The van der Waals surface area contributed by atoms with Gasteiger partial charge < -0.3 is 4.57 Å². The number of nitrogens with zero attached hydrogens (tertiary/aromatic N) is 3. The highest BCUT2D eigenvalue weighted by Gasteiger charge is 2.30. The van der Waals surface area contributed by atoms with Crippen LogP contribution < -0.4 is 0 Å². The van der Waals surface area contributed by atoms with E-state index >= 15 is 0 Å². The molecule has 1 aromatic carbocycles. The van der Waals surface area contributed by atoms with Crippen LogP contribution in [0.1, 0.15) is 43.5 Å². The van der Waals surface area contributed by atoms with Gasteiger partial charge in [0.25, 0.3) is 0 Å². The highest BCUT2D eigenvalue weighted by molar-refractivity contribution is 7.91. The fraction of sp³-hybridized carbons (Fsp3) is 0.526. The van der Waals surface area contributed by atoms with Gasteiger partial charge in [-0.2, -0.15) is 13.2 Å². The number of imidazole rings is 1. The Kier molecular flexibility index (Phi) is 7.28. The third kappa shape index (κ3) is 5.57. The molecule has 0 unspecified atom stereocenters. The third-order valence-electron chi connectivity index (χ3n) is 4.43. The second-order valence-electron chi connectivity index (χ2n) is 6.81.